The Morgan fingerprint density at radius 2 is 1.88 bits per heavy atom. The molecule has 0 aliphatic rings. The van der Waals surface area contributed by atoms with Crippen molar-refractivity contribution in [2.45, 2.75) is 38.7 Å². The van der Waals surface area contributed by atoms with E-state index in [1.165, 1.54) is 11.7 Å². The fourth-order valence-corrected chi connectivity index (χ4v) is 2.46. The topological polar surface area (TPSA) is 137 Å². The van der Waals surface area contributed by atoms with Gasteiger partial charge >= 0.3 is 6.09 Å². The van der Waals surface area contributed by atoms with Crippen LogP contribution in [0.5, 0.6) is 0 Å². The number of anilines is 1. The Morgan fingerprint density at radius 3 is 2.48 bits per heavy atom. The Kier molecular flexibility index (Phi) is 5.96. The summed E-state index contributed by atoms with van der Waals surface area (Å²) in [5.74, 6) is 0.136. The first kappa shape index (κ1) is 19.1. The van der Waals surface area contributed by atoms with E-state index < -0.39 is 31.0 Å². The average molecular weight is 353 g/mol. The summed E-state index contributed by atoms with van der Waals surface area (Å²) in [5.41, 5.74) is 3.24. The van der Waals surface area contributed by atoms with Crippen molar-refractivity contribution in [3.8, 4) is 0 Å². The largest absolute Gasteiger partial charge is 0.453 e. The normalized spacial score (nSPS) is 15.0. The molecule has 9 nitrogen and oxygen atoms in total. The molecule has 0 aliphatic carbocycles. The lowest BCUT2D eigenvalue weighted by atomic mass is 10.1. The molecule has 1 amide bonds. The predicted molar refractivity (Wildman–Crippen MR) is 90.3 cm³/mol. The molecule has 5 N–H and O–H groups in total. The van der Waals surface area contributed by atoms with Crippen LogP contribution in [0.25, 0.3) is 11.0 Å². The molecule has 0 fully saturated rings. The third-order valence-corrected chi connectivity index (χ3v) is 4.11. The predicted octanol–water partition coefficient (Wildman–Crippen LogP) is -0.0936. The highest BCUT2D eigenvalue weighted by Crippen LogP contribution is 2.24. The maximum Gasteiger partial charge on any atom is 0.413 e. The SMILES string of the molecule is COC(=O)Nc1nc2cc(C)c(C)cc2n1C[C@@H](O)[C@H](O)[C@H](O)CO. The van der Waals surface area contributed by atoms with Gasteiger partial charge in [0.05, 0.1) is 31.3 Å². The molecule has 0 unspecified atom stereocenters. The number of aromatic nitrogens is 2. The van der Waals surface area contributed by atoms with Crippen molar-refractivity contribution in [3.63, 3.8) is 0 Å². The number of ether oxygens (including phenoxy) is 1. The third-order valence-electron chi connectivity index (χ3n) is 4.11. The van der Waals surface area contributed by atoms with Crippen LogP contribution in [0.2, 0.25) is 0 Å². The van der Waals surface area contributed by atoms with E-state index in [-0.39, 0.29) is 12.5 Å². The second-order valence-corrected chi connectivity index (χ2v) is 5.90. The number of carbonyl (C=O) groups is 1. The Balaban J connectivity index is 2.45. The van der Waals surface area contributed by atoms with E-state index in [1.54, 1.807) is 0 Å². The minimum absolute atomic E-state index is 0.136. The van der Waals surface area contributed by atoms with Gasteiger partial charge in [-0.1, -0.05) is 0 Å². The quantitative estimate of drug-likeness (QED) is 0.489. The number of hydrogen-bond acceptors (Lipinski definition) is 7. The van der Waals surface area contributed by atoms with E-state index >= 15 is 0 Å². The number of hydrogen-bond donors (Lipinski definition) is 5. The number of carbonyl (C=O) groups excluding carboxylic acids is 1. The van der Waals surface area contributed by atoms with Crippen LogP contribution in [0.1, 0.15) is 11.1 Å². The molecule has 0 aliphatic heterocycles. The van der Waals surface area contributed by atoms with Gasteiger partial charge in [-0.05, 0) is 37.1 Å². The lowest BCUT2D eigenvalue weighted by Crippen LogP contribution is -2.41. The average Bonchev–Trinajstić information content (AvgIpc) is 2.90. The minimum atomic E-state index is -1.56. The van der Waals surface area contributed by atoms with E-state index in [0.717, 1.165) is 11.1 Å². The van der Waals surface area contributed by atoms with Crippen LogP contribution >= 0.6 is 0 Å². The van der Waals surface area contributed by atoms with Gasteiger partial charge in [0, 0.05) is 0 Å². The number of nitrogens with zero attached hydrogens (tertiary/aromatic N) is 2. The Morgan fingerprint density at radius 1 is 1.24 bits per heavy atom. The molecule has 25 heavy (non-hydrogen) atoms. The van der Waals surface area contributed by atoms with Gasteiger partial charge in [0.2, 0.25) is 5.95 Å². The third kappa shape index (κ3) is 4.07. The zero-order chi connectivity index (χ0) is 18.7. The molecular weight excluding hydrogens is 330 g/mol. The summed E-state index contributed by atoms with van der Waals surface area (Å²) >= 11 is 0. The lowest BCUT2D eigenvalue weighted by molar-refractivity contribution is -0.0801. The van der Waals surface area contributed by atoms with E-state index in [4.69, 9.17) is 5.11 Å². The summed E-state index contributed by atoms with van der Waals surface area (Å²) in [6, 6.07) is 3.69. The standard InChI is InChI=1S/C16H23N3O6/c1-8-4-10-11(5-9(8)2)19(15(17-10)18-16(24)25-3)6-12(21)14(23)13(22)7-20/h4-5,12-14,20-23H,6-7H2,1-3H3,(H,17,18,24)/t12-,13-,14+/m1/s1. The summed E-state index contributed by atoms with van der Waals surface area (Å²) < 4.78 is 6.08. The van der Waals surface area contributed by atoms with Gasteiger partial charge in [0.25, 0.3) is 0 Å². The number of aliphatic hydroxyl groups excluding tert-OH is 4. The second-order valence-electron chi connectivity index (χ2n) is 5.90. The maximum absolute atomic E-state index is 11.5. The Hall–Kier alpha value is -2.20. The summed E-state index contributed by atoms with van der Waals surface area (Å²) in [7, 11) is 1.22. The van der Waals surface area contributed by atoms with Gasteiger partial charge in [-0.2, -0.15) is 0 Å². The number of fused-ring (bicyclic) bond motifs is 1. The van der Waals surface area contributed by atoms with Crippen LogP contribution in [0.3, 0.4) is 0 Å². The molecule has 0 bridgehead atoms. The molecule has 3 atom stereocenters. The molecular formula is C16H23N3O6. The van der Waals surface area contributed by atoms with Gasteiger partial charge in [0.15, 0.2) is 0 Å². The number of nitrogens with one attached hydrogen (secondary N) is 1. The molecule has 1 aromatic heterocycles. The molecule has 0 saturated heterocycles. The van der Waals surface area contributed by atoms with Gasteiger partial charge in [-0.3, -0.25) is 5.32 Å². The number of rotatable bonds is 6. The Labute approximate surface area is 144 Å². The maximum atomic E-state index is 11.5. The molecule has 0 saturated carbocycles. The van der Waals surface area contributed by atoms with Gasteiger partial charge in [-0.25, -0.2) is 9.78 Å². The van der Waals surface area contributed by atoms with Gasteiger partial charge < -0.3 is 29.7 Å². The van der Waals surface area contributed by atoms with Crippen molar-refractivity contribution in [3.05, 3.63) is 23.3 Å². The number of aliphatic hydroxyl groups is 4. The number of amides is 1. The first-order valence-electron chi connectivity index (χ1n) is 7.76. The molecule has 1 heterocycles. The monoisotopic (exact) mass is 353 g/mol. The van der Waals surface area contributed by atoms with Crippen LogP contribution in [0.4, 0.5) is 10.7 Å². The number of benzene rings is 1. The highest BCUT2D eigenvalue weighted by Gasteiger charge is 2.26. The molecule has 138 valence electrons. The van der Waals surface area contributed by atoms with Crippen LogP contribution in [0, 0.1) is 13.8 Å². The number of imidazole rings is 1. The smallest absolute Gasteiger partial charge is 0.413 e. The van der Waals surface area contributed by atoms with Crippen LogP contribution in [0.15, 0.2) is 12.1 Å². The molecule has 9 heteroatoms. The van der Waals surface area contributed by atoms with Crippen LogP contribution < -0.4 is 5.32 Å². The Bertz CT molecular complexity index is 760. The van der Waals surface area contributed by atoms with Crippen molar-refractivity contribution in [2.75, 3.05) is 19.0 Å². The van der Waals surface area contributed by atoms with Crippen molar-refractivity contribution < 1.29 is 30.0 Å². The van der Waals surface area contributed by atoms with Crippen molar-refractivity contribution in [2.24, 2.45) is 0 Å². The van der Waals surface area contributed by atoms with Crippen LogP contribution in [-0.2, 0) is 11.3 Å². The molecule has 0 radical (unpaired) electrons. The van der Waals surface area contributed by atoms with Crippen molar-refractivity contribution >= 4 is 23.1 Å². The van der Waals surface area contributed by atoms with Crippen LogP contribution in [-0.4, -0.2) is 68.1 Å². The lowest BCUT2D eigenvalue weighted by Gasteiger charge is -2.22. The summed E-state index contributed by atoms with van der Waals surface area (Å²) in [4.78, 5) is 15.9. The van der Waals surface area contributed by atoms with E-state index in [2.05, 4.69) is 15.0 Å². The minimum Gasteiger partial charge on any atom is -0.453 e. The first-order chi connectivity index (χ1) is 11.8. The summed E-state index contributed by atoms with van der Waals surface area (Å²) in [5, 5.41) is 40.9. The first-order valence-corrected chi connectivity index (χ1v) is 7.76. The molecule has 2 aromatic rings. The van der Waals surface area contributed by atoms with Gasteiger partial charge in [0.1, 0.15) is 18.3 Å². The molecule has 1 aromatic carbocycles. The van der Waals surface area contributed by atoms with E-state index in [0.29, 0.717) is 11.0 Å². The van der Waals surface area contributed by atoms with E-state index in [9.17, 15) is 20.1 Å². The van der Waals surface area contributed by atoms with Gasteiger partial charge in [-0.15, -0.1) is 0 Å². The highest BCUT2D eigenvalue weighted by atomic mass is 16.5. The zero-order valence-electron chi connectivity index (χ0n) is 14.3. The van der Waals surface area contributed by atoms with Crippen molar-refractivity contribution in [1.82, 2.24) is 9.55 Å². The zero-order valence-corrected chi connectivity index (χ0v) is 14.3. The number of methoxy groups -OCH3 is 1. The molecule has 0 spiro atoms. The molecule has 2 rings (SSSR count). The highest BCUT2D eigenvalue weighted by molar-refractivity contribution is 5.87. The van der Waals surface area contributed by atoms with E-state index in [1.807, 2.05) is 26.0 Å². The fraction of sp³-hybridized carbons (Fsp3) is 0.500. The summed E-state index contributed by atoms with van der Waals surface area (Å²) in [6.45, 7) is 3.00. The second kappa shape index (κ2) is 7.79. The van der Waals surface area contributed by atoms with Crippen molar-refractivity contribution in [1.29, 1.82) is 0 Å². The fourth-order valence-electron chi connectivity index (χ4n) is 2.46. The summed E-state index contributed by atoms with van der Waals surface area (Å²) in [6.07, 6.45) is -5.15. The number of aryl methyl sites for hydroxylation is 2.